The molecule has 0 saturated carbocycles. The lowest BCUT2D eigenvalue weighted by Gasteiger charge is -2.36. The number of methoxy groups -OCH3 is 1. The molecule has 0 atom stereocenters. The highest BCUT2D eigenvalue weighted by Crippen LogP contribution is 2.24. The van der Waals surface area contributed by atoms with Gasteiger partial charge in [0.1, 0.15) is 18.1 Å². The predicted octanol–water partition coefficient (Wildman–Crippen LogP) is 5.43. The number of hydrogen-bond donors (Lipinski definition) is 2. The fourth-order valence-corrected chi connectivity index (χ4v) is 4.74. The minimum atomic E-state index is -0.490. The third kappa shape index (κ3) is 9.42. The van der Waals surface area contributed by atoms with Crippen LogP contribution in [0.2, 0.25) is 0 Å². The molecule has 1 aliphatic rings. The third-order valence-corrected chi connectivity index (χ3v) is 6.96. The Morgan fingerprint density at radius 3 is 2.44 bits per heavy atom. The molecule has 0 bridgehead atoms. The normalized spacial score (nSPS) is 13.4. The molecule has 0 radical (unpaired) electrons. The van der Waals surface area contributed by atoms with Gasteiger partial charge < -0.3 is 24.4 Å². The predicted molar refractivity (Wildman–Crippen MR) is 162 cm³/mol. The second kappa shape index (κ2) is 15.5. The Kier molecular flexibility index (Phi) is 11.3. The number of anilines is 3. The van der Waals surface area contributed by atoms with E-state index >= 15 is 0 Å². The van der Waals surface area contributed by atoms with Gasteiger partial charge in [-0.2, -0.15) is 0 Å². The molecule has 0 unspecified atom stereocenters. The Morgan fingerprint density at radius 2 is 1.68 bits per heavy atom. The zero-order chi connectivity index (χ0) is 28.9. The first kappa shape index (κ1) is 29.7. The van der Waals surface area contributed by atoms with Crippen LogP contribution in [-0.2, 0) is 16.0 Å². The average Bonchev–Trinajstić information content (AvgIpc) is 2.99. The van der Waals surface area contributed by atoms with E-state index in [-0.39, 0.29) is 5.91 Å². The molecule has 0 spiro atoms. The molecule has 3 aromatic carbocycles. The quantitative estimate of drug-likeness (QED) is 0.288. The lowest BCUT2D eigenvalue weighted by atomic mass is 10.1. The molecule has 41 heavy (non-hydrogen) atoms. The van der Waals surface area contributed by atoms with Crippen molar-refractivity contribution in [3.8, 4) is 11.5 Å². The first-order valence-corrected chi connectivity index (χ1v) is 14.2. The van der Waals surface area contributed by atoms with E-state index in [1.807, 2.05) is 67.6 Å². The number of ether oxygens (including phenoxy) is 3. The van der Waals surface area contributed by atoms with Gasteiger partial charge in [-0.25, -0.2) is 4.79 Å². The van der Waals surface area contributed by atoms with Crippen LogP contribution in [0.3, 0.4) is 0 Å². The molecule has 1 aliphatic heterocycles. The molecule has 2 N–H and O–H groups in total. The minimum absolute atomic E-state index is 0.0193. The van der Waals surface area contributed by atoms with Gasteiger partial charge in [0.15, 0.2) is 0 Å². The van der Waals surface area contributed by atoms with Crippen LogP contribution in [0.25, 0.3) is 0 Å². The topological polar surface area (TPSA) is 92.4 Å². The molecule has 9 heteroatoms. The van der Waals surface area contributed by atoms with Crippen LogP contribution in [0.15, 0.2) is 72.8 Å². The maximum absolute atomic E-state index is 12.5. The number of aryl methyl sites for hydroxylation is 1. The van der Waals surface area contributed by atoms with Crippen molar-refractivity contribution in [3.05, 3.63) is 78.4 Å². The van der Waals surface area contributed by atoms with E-state index in [1.54, 1.807) is 13.2 Å². The number of amides is 2. The molecule has 1 fully saturated rings. The van der Waals surface area contributed by atoms with Crippen LogP contribution in [0, 0.1) is 0 Å². The molecule has 0 aromatic heterocycles. The van der Waals surface area contributed by atoms with Gasteiger partial charge in [-0.1, -0.05) is 30.3 Å². The molecule has 4 rings (SSSR count). The van der Waals surface area contributed by atoms with Crippen molar-refractivity contribution in [1.29, 1.82) is 0 Å². The second-order valence-electron chi connectivity index (χ2n) is 9.82. The van der Waals surface area contributed by atoms with E-state index in [4.69, 9.17) is 14.2 Å². The van der Waals surface area contributed by atoms with Gasteiger partial charge in [0.05, 0.1) is 19.4 Å². The summed E-state index contributed by atoms with van der Waals surface area (Å²) in [6, 6.07) is 23.3. The van der Waals surface area contributed by atoms with Crippen molar-refractivity contribution in [1.82, 2.24) is 4.90 Å². The standard InChI is InChI=1S/C32H40N4O5/c1-3-40-30-12-5-4-11-29(30)34-32(38)41-23-22-35-18-20-36(21-19-35)27-10-7-9-26(24-27)33-31(37)13-6-8-25-14-16-28(39-2)17-15-25/h4-5,7,9-12,14-17,24H,3,6,8,13,18-23H2,1-2H3,(H,33,37)(H,34,38). The van der Waals surface area contributed by atoms with Crippen molar-refractivity contribution in [2.45, 2.75) is 26.2 Å². The Hall–Kier alpha value is -4.24. The summed E-state index contributed by atoms with van der Waals surface area (Å²) in [7, 11) is 1.65. The van der Waals surface area contributed by atoms with Crippen molar-refractivity contribution in [3.63, 3.8) is 0 Å². The molecule has 0 aliphatic carbocycles. The van der Waals surface area contributed by atoms with Gasteiger partial charge in [-0.05, 0) is 67.8 Å². The third-order valence-electron chi connectivity index (χ3n) is 6.96. The van der Waals surface area contributed by atoms with Crippen LogP contribution in [0.4, 0.5) is 21.9 Å². The number of nitrogens with zero attached hydrogens (tertiary/aromatic N) is 2. The van der Waals surface area contributed by atoms with Gasteiger partial charge in [0, 0.05) is 50.5 Å². The summed E-state index contributed by atoms with van der Waals surface area (Å²) in [6.45, 7) is 6.83. The summed E-state index contributed by atoms with van der Waals surface area (Å²) in [6.07, 6.45) is 1.61. The number of hydrogen-bond acceptors (Lipinski definition) is 7. The highest BCUT2D eigenvalue weighted by molar-refractivity contribution is 5.91. The van der Waals surface area contributed by atoms with Crippen LogP contribution >= 0.6 is 0 Å². The second-order valence-corrected chi connectivity index (χ2v) is 9.82. The number of para-hydroxylation sites is 2. The van der Waals surface area contributed by atoms with Crippen molar-refractivity contribution >= 4 is 29.1 Å². The fourth-order valence-electron chi connectivity index (χ4n) is 4.74. The maximum atomic E-state index is 12.5. The number of rotatable bonds is 13. The summed E-state index contributed by atoms with van der Waals surface area (Å²) in [5.41, 5.74) is 3.69. The van der Waals surface area contributed by atoms with Gasteiger partial charge >= 0.3 is 6.09 Å². The molecule has 3 aromatic rings. The molecule has 218 valence electrons. The number of piperazine rings is 1. The largest absolute Gasteiger partial charge is 0.497 e. The maximum Gasteiger partial charge on any atom is 0.411 e. The van der Waals surface area contributed by atoms with Gasteiger partial charge in [-0.15, -0.1) is 0 Å². The summed E-state index contributed by atoms with van der Waals surface area (Å²) in [5, 5.41) is 5.80. The van der Waals surface area contributed by atoms with Crippen molar-refractivity contribution < 1.29 is 23.8 Å². The zero-order valence-corrected chi connectivity index (χ0v) is 23.9. The smallest absolute Gasteiger partial charge is 0.411 e. The summed E-state index contributed by atoms with van der Waals surface area (Å²) in [5.74, 6) is 1.48. The number of benzene rings is 3. The lowest BCUT2D eigenvalue weighted by Crippen LogP contribution is -2.47. The number of nitrogens with one attached hydrogen (secondary N) is 2. The van der Waals surface area contributed by atoms with Crippen LogP contribution in [0.1, 0.15) is 25.3 Å². The molecule has 1 heterocycles. The monoisotopic (exact) mass is 560 g/mol. The van der Waals surface area contributed by atoms with E-state index in [9.17, 15) is 9.59 Å². The average molecular weight is 561 g/mol. The lowest BCUT2D eigenvalue weighted by molar-refractivity contribution is -0.116. The van der Waals surface area contributed by atoms with E-state index in [0.717, 1.165) is 56.1 Å². The fraction of sp³-hybridized carbons (Fsp3) is 0.375. The summed E-state index contributed by atoms with van der Waals surface area (Å²) >= 11 is 0. The Labute approximate surface area is 242 Å². The first-order valence-electron chi connectivity index (χ1n) is 14.2. The van der Waals surface area contributed by atoms with Gasteiger partial charge in [-0.3, -0.25) is 15.0 Å². The highest BCUT2D eigenvalue weighted by Gasteiger charge is 2.18. The van der Waals surface area contributed by atoms with Gasteiger partial charge in [0.25, 0.3) is 0 Å². The molecular formula is C32H40N4O5. The first-order chi connectivity index (χ1) is 20.0. The van der Waals surface area contributed by atoms with Gasteiger partial charge in [0.2, 0.25) is 5.91 Å². The Morgan fingerprint density at radius 1 is 0.902 bits per heavy atom. The molecule has 2 amide bonds. The zero-order valence-electron chi connectivity index (χ0n) is 23.9. The summed E-state index contributed by atoms with van der Waals surface area (Å²) in [4.78, 5) is 29.4. The molecule has 9 nitrogen and oxygen atoms in total. The SMILES string of the molecule is CCOc1ccccc1NC(=O)OCCN1CCN(c2cccc(NC(=O)CCCc3ccc(OC)cc3)c2)CC1. The van der Waals surface area contributed by atoms with E-state index in [1.165, 1.54) is 5.56 Å². The van der Waals surface area contributed by atoms with Crippen molar-refractivity contribution in [2.75, 3.05) is 68.6 Å². The summed E-state index contributed by atoms with van der Waals surface area (Å²) < 4.78 is 16.1. The van der Waals surface area contributed by atoms with E-state index < -0.39 is 6.09 Å². The highest BCUT2D eigenvalue weighted by atomic mass is 16.5. The molecule has 1 saturated heterocycles. The van der Waals surface area contributed by atoms with Crippen LogP contribution < -0.4 is 25.0 Å². The minimum Gasteiger partial charge on any atom is -0.497 e. The van der Waals surface area contributed by atoms with Crippen LogP contribution in [-0.4, -0.2) is 69.9 Å². The molecular weight excluding hydrogens is 520 g/mol. The number of carbonyl (C=O) groups is 2. The van der Waals surface area contributed by atoms with Crippen molar-refractivity contribution in [2.24, 2.45) is 0 Å². The Bertz CT molecular complexity index is 1260. The van der Waals surface area contributed by atoms with E-state index in [0.29, 0.717) is 37.6 Å². The number of carbonyl (C=O) groups excluding carboxylic acids is 2. The van der Waals surface area contributed by atoms with Crippen LogP contribution in [0.5, 0.6) is 11.5 Å². The Balaban J connectivity index is 1.15. The van der Waals surface area contributed by atoms with E-state index in [2.05, 4.69) is 26.5 Å².